The monoisotopic (exact) mass is 317 g/mol. The number of nitrogens with one attached hydrogen (secondary N) is 2. The van der Waals surface area contributed by atoms with Crippen molar-refractivity contribution in [2.75, 3.05) is 5.32 Å². The molecular weight excluding hydrogens is 298 g/mol. The van der Waals surface area contributed by atoms with Crippen molar-refractivity contribution in [3.63, 3.8) is 0 Å². The van der Waals surface area contributed by atoms with E-state index in [4.69, 9.17) is 0 Å². The van der Waals surface area contributed by atoms with Gasteiger partial charge >= 0.3 is 6.03 Å². The Labute approximate surface area is 141 Å². The molecule has 0 fully saturated rings. The van der Waals surface area contributed by atoms with Gasteiger partial charge in [0, 0.05) is 11.9 Å². The van der Waals surface area contributed by atoms with Gasteiger partial charge in [-0.25, -0.2) is 4.79 Å². The van der Waals surface area contributed by atoms with Gasteiger partial charge in [-0.05, 0) is 36.8 Å². The van der Waals surface area contributed by atoms with Crippen LogP contribution < -0.4 is 10.6 Å². The van der Waals surface area contributed by atoms with Crippen LogP contribution in [-0.4, -0.2) is 11.0 Å². The number of hydrogen-bond acceptors (Lipinski definition) is 2. The molecule has 0 aliphatic carbocycles. The van der Waals surface area contributed by atoms with Crippen molar-refractivity contribution in [3.8, 4) is 0 Å². The zero-order valence-corrected chi connectivity index (χ0v) is 13.4. The minimum Gasteiger partial charge on any atom is -0.325 e. The third-order valence-corrected chi connectivity index (χ3v) is 3.70. The Hall–Kier alpha value is -3.14. The molecule has 0 spiro atoms. The van der Waals surface area contributed by atoms with Crippen LogP contribution in [0.4, 0.5) is 10.5 Å². The second-order valence-corrected chi connectivity index (χ2v) is 5.56. The van der Waals surface area contributed by atoms with Crippen molar-refractivity contribution in [3.05, 3.63) is 95.8 Å². The third-order valence-electron chi connectivity index (χ3n) is 3.70. The highest BCUT2D eigenvalue weighted by atomic mass is 16.2. The summed E-state index contributed by atoms with van der Waals surface area (Å²) in [6, 6.07) is 22.6. The largest absolute Gasteiger partial charge is 0.325 e. The molecule has 2 amide bonds. The average Bonchev–Trinajstić information content (AvgIpc) is 2.63. The van der Waals surface area contributed by atoms with Crippen LogP contribution in [0.25, 0.3) is 0 Å². The molecule has 120 valence electrons. The lowest BCUT2D eigenvalue weighted by molar-refractivity contribution is 0.250. The zero-order chi connectivity index (χ0) is 16.8. The first-order valence-corrected chi connectivity index (χ1v) is 7.82. The van der Waals surface area contributed by atoms with Crippen LogP contribution in [-0.2, 0) is 0 Å². The van der Waals surface area contributed by atoms with Crippen molar-refractivity contribution < 1.29 is 4.79 Å². The van der Waals surface area contributed by atoms with E-state index in [0.29, 0.717) is 0 Å². The van der Waals surface area contributed by atoms with Crippen LogP contribution in [0.5, 0.6) is 0 Å². The molecule has 3 rings (SSSR count). The van der Waals surface area contributed by atoms with E-state index in [-0.39, 0.29) is 12.1 Å². The summed E-state index contributed by atoms with van der Waals surface area (Å²) in [6.07, 6.45) is 1.73. The van der Waals surface area contributed by atoms with Gasteiger partial charge in [-0.3, -0.25) is 4.98 Å². The Morgan fingerprint density at radius 1 is 0.917 bits per heavy atom. The van der Waals surface area contributed by atoms with Crippen molar-refractivity contribution in [1.29, 1.82) is 0 Å². The number of benzene rings is 2. The van der Waals surface area contributed by atoms with E-state index in [1.165, 1.54) is 0 Å². The number of aromatic nitrogens is 1. The van der Waals surface area contributed by atoms with Crippen LogP contribution in [0.1, 0.15) is 22.9 Å². The van der Waals surface area contributed by atoms with E-state index >= 15 is 0 Å². The van der Waals surface area contributed by atoms with Crippen molar-refractivity contribution in [1.82, 2.24) is 10.3 Å². The number of rotatable bonds is 4. The molecule has 4 heteroatoms. The highest BCUT2D eigenvalue weighted by Gasteiger charge is 2.17. The fourth-order valence-corrected chi connectivity index (χ4v) is 2.46. The van der Waals surface area contributed by atoms with Gasteiger partial charge in [0.25, 0.3) is 0 Å². The fourth-order valence-electron chi connectivity index (χ4n) is 2.46. The van der Waals surface area contributed by atoms with Gasteiger partial charge < -0.3 is 10.6 Å². The van der Waals surface area contributed by atoms with Crippen molar-refractivity contribution in [2.45, 2.75) is 13.0 Å². The highest BCUT2D eigenvalue weighted by molar-refractivity contribution is 5.89. The molecule has 0 radical (unpaired) electrons. The molecule has 0 bridgehead atoms. The lowest BCUT2D eigenvalue weighted by Crippen LogP contribution is -2.33. The minimum absolute atomic E-state index is 0.265. The summed E-state index contributed by atoms with van der Waals surface area (Å²) in [5.74, 6) is 0. The van der Waals surface area contributed by atoms with Crippen LogP contribution >= 0.6 is 0 Å². The number of carbonyl (C=O) groups excluding carboxylic acids is 1. The molecular formula is C20H19N3O. The van der Waals surface area contributed by atoms with E-state index in [2.05, 4.69) is 15.6 Å². The number of aryl methyl sites for hydroxylation is 1. The summed E-state index contributed by atoms with van der Waals surface area (Å²) in [7, 11) is 0. The smallest absolute Gasteiger partial charge is 0.320 e. The summed E-state index contributed by atoms with van der Waals surface area (Å²) in [4.78, 5) is 16.8. The summed E-state index contributed by atoms with van der Waals surface area (Å²) >= 11 is 0. The number of pyridine rings is 1. The van der Waals surface area contributed by atoms with E-state index in [1.54, 1.807) is 6.20 Å². The van der Waals surface area contributed by atoms with Gasteiger partial charge in [0.15, 0.2) is 0 Å². The molecule has 0 saturated heterocycles. The molecule has 2 N–H and O–H groups in total. The minimum atomic E-state index is -0.308. The lowest BCUT2D eigenvalue weighted by atomic mass is 10.0. The van der Waals surface area contributed by atoms with E-state index in [9.17, 15) is 4.79 Å². The van der Waals surface area contributed by atoms with Crippen LogP contribution in [0.3, 0.4) is 0 Å². The first-order valence-electron chi connectivity index (χ1n) is 7.82. The number of nitrogens with zero attached hydrogens (tertiary/aromatic N) is 1. The average molecular weight is 317 g/mol. The van der Waals surface area contributed by atoms with Crippen LogP contribution in [0.2, 0.25) is 0 Å². The van der Waals surface area contributed by atoms with Gasteiger partial charge in [0.2, 0.25) is 0 Å². The molecule has 3 aromatic rings. The maximum absolute atomic E-state index is 12.4. The number of carbonyl (C=O) groups is 1. The van der Waals surface area contributed by atoms with Gasteiger partial charge in [0.05, 0.1) is 11.7 Å². The Bertz CT molecular complexity index is 747. The molecule has 0 saturated carbocycles. The zero-order valence-electron chi connectivity index (χ0n) is 13.4. The van der Waals surface area contributed by atoms with Crippen LogP contribution in [0, 0.1) is 6.92 Å². The summed E-state index contributed by atoms with van der Waals surface area (Å²) in [5, 5.41) is 5.86. The predicted molar refractivity (Wildman–Crippen MR) is 95.9 cm³/mol. The highest BCUT2D eigenvalue weighted by Crippen LogP contribution is 2.20. The second kappa shape index (κ2) is 7.42. The SMILES string of the molecule is Cc1ccc(NC(=O)NC(c2ccccc2)c2ccccn2)cc1. The maximum Gasteiger partial charge on any atom is 0.320 e. The van der Waals surface area contributed by atoms with Gasteiger partial charge in [-0.1, -0.05) is 54.1 Å². The number of urea groups is 1. The first-order chi connectivity index (χ1) is 11.7. The van der Waals surface area contributed by atoms with E-state index in [1.807, 2.05) is 79.7 Å². The lowest BCUT2D eigenvalue weighted by Gasteiger charge is -2.19. The predicted octanol–water partition coefficient (Wildman–Crippen LogP) is 4.30. The normalized spacial score (nSPS) is 11.5. The Morgan fingerprint density at radius 2 is 1.62 bits per heavy atom. The standard InChI is InChI=1S/C20H19N3O/c1-15-10-12-17(13-11-15)22-20(24)23-19(16-7-3-2-4-8-16)18-9-5-6-14-21-18/h2-14,19H,1H3,(H2,22,23,24). The summed E-state index contributed by atoms with van der Waals surface area (Å²) in [6.45, 7) is 2.01. The Balaban J connectivity index is 1.79. The van der Waals surface area contributed by atoms with Gasteiger partial charge in [-0.15, -0.1) is 0 Å². The summed E-state index contributed by atoms with van der Waals surface area (Å²) < 4.78 is 0. The number of anilines is 1. The quantitative estimate of drug-likeness (QED) is 0.753. The Kier molecular flexibility index (Phi) is 4.87. The van der Waals surface area contributed by atoms with Gasteiger partial charge in [0.1, 0.15) is 0 Å². The molecule has 1 atom stereocenters. The number of hydrogen-bond donors (Lipinski definition) is 2. The third kappa shape index (κ3) is 3.98. The van der Waals surface area contributed by atoms with Gasteiger partial charge in [-0.2, -0.15) is 0 Å². The number of amides is 2. The van der Waals surface area contributed by atoms with Crippen molar-refractivity contribution >= 4 is 11.7 Å². The first kappa shape index (κ1) is 15.7. The molecule has 0 aliphatic rings. The maximum atomic E-state index is 12.4. The van der Waals surface area contributed by atoms with E-state index in [0.717, 1.165) is 22.5 Å². The molecule has 1 heterocycles. The molecule has 0 aliphatic heterocycles. The molecule has 1 aromatic heterocycles. The topological polar surface area (TPSA) is 54.0 Å². The van der Waals surface area contributed by atoms with Crippen LogP contribution in [0.15, 0.2) is 79.0 Å². The Morgan fingerprint density at radius 3 is 2.29 bits per heavy atom. The summed E-state index contributed by atoms with van der Waals surface area (Å²) in [5.41, 5.74) is 3.68. The molecule has 1 unspecified atom stereocenters. The van der Waals surface area contributed by atoms with E-state index < -0.39 is 0 Å². The fraction of sp³-hybridized carbons (Fsp3) is 0.100. The molecule has 2 aromatic carbocycles. The molecule has 4 nitrogen and oxygen atoms in total. The molecule has 24 heavy (non-hydrogen) atoms. The van der Waals surface area contributed by atoms with Crippen molar-refractivity contribution in [2.24, 2.45) is 0 Å². The second-order valence-electron chi connectivity index (χ2n) is 5.56.